The molecule has 0 saturated heterocycles. The van der Waals surface area contributed by atoms with Crippen LogP contribution in [0.25, 0.3) is 0 Å². The molecule has 1 aliphatic rings. The van der Waals surface area contributed by atoms with E-state index in [1.54, 1.807) is 18.2 Å². The highest BCUT2D eigenvalue weighted by Gasteiger charge is 2.12. The van der Waals surface area contributed by atoms with Crippen molar-refractivity contribution < 1.29 is 5.12 Å². The smallest absolute Gasteiger partial charge is 0.192 e. The second kappa shape index (κ2) is 3.65. The second-order valence-electron chi connectivity index (χ2n) is 2.68. The number of benzene rings is 1. The number of rotatable bonds is 1. The van der Waals surface area contributed by atoms with Gasteiger partial charge in [-0.25, -0.2) is 0 Å². The van der Waals surface area contributed by atoms with E-state index in [1.807, 2.05) is 0 Å². The molecule has 1 aromatic rings. The highest BCUT2D eigenvalue weighted by Crippen LogP contribution is 2.23. The summed E-state index contributed by atoms with van der Waals surface area (Å²) in [6.07, 6.45) is 0. The molecule has 0 bridgehead atoms. The molecule has 4 nitrogen and oxygen atoms in total. The maximum Gasteiger partial charge on any atom is 0.241 e. The van der Waals surface area contributed by atoms with E-state index in [1.165, 1.54) is 0 Å². The summed E-state index contributed by atoms with van der Waals surface area (Å²) in [6, 6.07) is 5.17. The van der Waals surface area contributed by atoms with E-state index in [0.29, 0.717) is 21.0 Å². The molecule has 1 aromatic carbocycles. The van der Waals surface area contributed by atoms with Gasteiger partial charge >= 0.3 is 0 Å². The minimum Gasteiger partial charge on any atom is -0.192 e. The third kappa shape index (κ3) is 1.77. The molecule has 0 amide bonds. The van der Waals surface area contributed by atoms with E-state index >= 15 is 0 Å². The van der Waals surface area contributed by atoms with Gasteiger partial charge in [-0.3, -0.25) is 0 Å². The molecule has 0 spiro atoms. The lowest BCUT2D eigenvalue weighted by molar-refractivity contribution is -0.868. The zero-order valence-electron chi connectivity index (χ0n) is 7.04. The molecule has 14 heavy (non-hydrogen) atoms. The molecule has 0 saturated carbocycles. The monoisotopic (exact) mass is 228 g/mol. The number of nitrogens with zero attached hydrogens (tertiary/aromatic N) is 3. The number of nitrogens with one attached hydrogen (secondary N) is 1. The largest absolute Gasteiger partial charge is 0.241 e. The molecule has 1 heterocycles. The molecule has 0 aliphatic carbocycles. The van der Waals surface area contributed by atoms with Gasteiger partial charge in [0.1, 0.15) is 0 Å². The van der Waals surface area contributed by atoms with Gasteiger partial charge in [-0.1, -0.05) is 40.5 Å². The van der Waals surface area contributed by atoms with Crippen molar-refractivity contribution in [1.29, 1.82) is 0 Å². The average Bonchev–Trinajstić information content (AvgIpc) is 2.57. The first-order chi connectivity index (χ1) is 6.66. The van der Waals surface area contributed by atoms with Crippen molar-refractivity contribution in [3.8, 4) is 0 Å². The molecular weight excluding hydrogens is 223 g/mol. The fourth-order valence-electron chi connectivity index (χ4n) is 1.03. The maximum atomic E-state index is 5.85. The van der Waals surface area contributed by atoms with E-state index in [4.69, 9.17) is 23.2 Å². The van der Waals surface area contributed by atoms with E-state index in [-0.39, 0.29) is 0 Å². The lowest BCUT2D eigenvalue weighted by atomic mass is 10.2. The van der Waals surface area contributed by atoms with Crippen LogP contribution in [0.3, 0.4) is 0 Å². The Labute approximate surface area is 90.8 Å². The highest BCUT2D eigenvalue weighted by atomic mass is 35.5. The Hall–Kier alpha value is -0.970. The third-order valence-electron chi connectivity index (χ3n) is 1.67. The summed E-state index contributed by atoms with van der Waals surface area (Å²) in [4.78, 5) is 0. The van der Waals surface area contributed by atoms with Crippen LogP contribution in [0.2, 0.25) is 10.0 Å². The highest BCUT2D eigenvalue weighted by molar-refractivity contribution is 6.42. The second-order valence-corrected chi connectivity index (χ2v) is 3.49. The van der Waals surface area contributed by atoms with E-state index in [0.717, 1.165) is 5.56 Å². The predicted molar refractivity (Wildman–Crippen MR) is 54.2 cm³/mol. The van der Waals surface area contributed by atoms with Crippen LogP contribution in [0.4, 0.5) is 0 Å². The van der Waals surface area contributed by atoms with Gasteiger partial charge in [0.25, 0.3) is 0 Å². The number of quaternary nitrogens is 1. The van der Waals surface area contributed by atoms with Crippen molar-refractivity contribution in [1.82, 2.24) is 0 Å². The van der Waals surface area contributed by atoms with E-state index in [2.05, 4.69) is 22.5 Å². The predicted octanol–water partition coefficient (Wildman–Crippen LogP) is 1.71. The molecular formula is C8H6Cl2N4. The molecule has 1 atom stereocenters. The lowest BCUT2D eigenvalue weighted by Gasteiger charge is -1.98. The van der Waals surface area contributed by atoms with Crippen molar-refractivity contribution in [2.45, 2.75) is 0 Å². The van der Waals surface area contributed by atoms with Crippen molar-refractivity contribution in [3.63, 3.8) is 0 Å². The summed E-state index contributed by atoms with van der Waals surface area (Å²) in [5, 5.41) is 12.9. The standard InChI is InChI=1S/C8H6Cl2N4/c1-14-12-8(11-13-14)5-2-3-6(9)7(10)4-5/h2-4,14H,1H2. The first kappa shape index (κ1) is 9.58. The topological polar surface area (TPSA) is 41.5 Å². The normalized spacial score (nSPS) is 19.9. The molecule has 6 heteroatoms. The van der Waals surface area contributed by atoms with E-state index < -0.39 is 0 Å². The van der Waals surface area contributed by atoms with Crippen molar-refractivity contribution >= 4 is 29.0 Å². The number of halogens is 2. The lowest BCUT2D eigenvalue weighted by Crippen LogP contribution is -2.95. The molecule has 0 aromatic heterocycles. The number of amidine groups is 1. The zero-order valence-corrected chi connectivity index (χ0v) is 8.55. The van der Waals surface area contributed by atoms with Gasteiger partial charge < -0.3 is 0 Å². The summed E-state index contributed by atoms with van der Waals surface area (Å²) >= 11 is 11.6. The Balaban J connectivity index is 2.39. The molecule has 0 fully saturated rings. The van der Waals surface area contributed by atoms with Crippen LogP contribution in [0.15, 0.2) is 33.6 Å². The maximum absolute atomic E-state index is 5.85. The first-order valence-electron chi connectivity index (χ1n) is 3.81. The SMILES string of the molecule is [CH2-][NH+]1N=NC(c2ccc(Cl)c(Cl)c2)=N1. The number of hydrogen-bond donors (Lipinski definition) is 1. The molecule has 2 rings (SSSR count). The average molecular weight is 229 g/mol. The molecule has 1 N–H and O–H groups in total. The van der Waals surface area contributed by atoms with Gasteiger partial charge in [0, 0.05) is 10.8 Å². The molecule has 1 aliphatic heterocycles. The summed E-state index contributed by atoms with van der Waals surface area (Å²) in [5.74, 6) is 0.508. The zero-order chi connectivity index (χ0) is 10.1. The van der Waals surface area contributed by atoms with Crippen LogP contribution >= 0.6 is 23.2 Å². The van der Waals surface area contributed by atoms with Crippen LogP contribution in [-0.2, 0) is 0 Å². The van der Waals surface area contributed by atoms with E-state index in [9.17, 15) is 0 Å². The Kier molecular flexibility index (Phi) is 2.50. The third-order valence-corrected chi connectivity index (χ3v) is 2.41. The van der Waals surface area contributed by atoms with Crippen LogP contribution in [-0.4, -0.2) is 5.84 Å². The first-order valence-corrected chi connectivity index (χ1v) is 4.57. The minimum atomic E-state index is 0.395. The van der Waals surface area contributed by atoms with Crippen LogP contribution in [0, 0.1) is 7.05 Å². The Morgan fingerprint density at radius 1 is 1.21 bits per heavy atom. The van der Waals surface area contributed by atoms with Crippen molar-refractivity contribution in [2.75, 3.05) is 0 Å². The van der Waals surface area contributed by atoms with Crippen LogP contribution in [0.1, 0.15) is 5.56 Å². The fourth-order valence-corrected chi connectivity index (χ4v) is 1.33. The van der Waals surface area contributed by atoms with Gasteiger partial charge in [0.2, 0.25) is 5.84 Å². The summed E-state index contributed by atoms with van der Waals surface area (Å²) < 4.78 is 0. The summed E-state index contributed by atoms with van der Waals surface area (Å²) in [5.41, 5.74) is 0.779. The Morgan fingerprint density at radius 3 is 2.57 bits per heavy atom. The summed E-state index contributed by atoms with van der Waals surface area (Å²) in [6.45, 7) is 0. The fraction of sp³-hybridized carbons (Fsp3) is 0. The van der Waals surface area contributed by atoms with Gasteiger partial charge in [0.15, 0.2) is 0 Å². The van der Waals surface area contributed by atoms with Gasteiger partial charge in [-0.05, 0) is 18.2 Å². The van der Waals surface area contributed by atoms with Gasteiger partial charge in [-0.15, -0.1) is 0 Å². The van der Waals surface area contributed by atoms with Crippen molar-refractivity contribution in [3.05, 3.63) is 40.9 Å². The Morgan fingerprint density at radius 2 is 2.00 bits per heavy atom. The minimum absolute atomic E-state index is 0.395. The molecule has 0 radical (unpaired) electrons. The quantitative estimate of drug-likeness (QED) is 0.712. The Bertz CT molecular complexity index is 427. The van der Waals surface area contributed by atoms with Gasteiger partial charge in [0.05, 0.1) is 10.0 Å². The van der Waals surface area contributed by atoms with Crippen LogP contribution < -0.4 is 5.12 Å². The summed E-state index contributed by atoms with van der Waals surface area (Å²) in [7, 11) is 3.56. The van der Waals surface area contributed by atoms with Crippen LogP contribution in [0.5, 0.6) is 0 Å². The number of hydrogen-bond acceptors (Lipinski definition) is 3. The van der Waals surface area contributed by atoms with Crippen molar-refractivity contribution in [2.24, 2.45) is 15.4 Å². The van der Waals surface area contributed by atoms with Gasteiger partial charge in [-0.2, -0.15) is 5.12 Å². The molecule has 72 valence electrons. The molecule has 1 unspecified atom stereocenters.